The third-order valence-electron chi connectivity index (χ3n) is 1.93. The zero-order valence-electron chi connectivity index (χ0n) is 7.34. The molecule has 76 valence electrons. The first-order valence-corrected chi connectivity index (χ1v) is 4.43. The molecule has 0 saturated carbocycles. The van der Waals surface area contributed by atoms with Crippen LogP contribution >= 0.6 is 0 Å². The lowest BCUT2D eigenvalue weighted by atomic mass is 10.2. The monoisotopic (exact) mass is 192 g/mol. The summed E-state index contributed by atoms with van der Waals surface area (Å²) in [5, 5.41) is 11.5. The molecule has 2 N–H and O–H groups in total. The molecule has 5 heteroatoms. The zero-order chi connectivity index (χ0) is 9.68. The van der Waals surface area contributed by atoms with Gasteiger partial charge in [-0.15, -0.1) is 0 Å². The molecule has 1 atom stereocenters. The third kappa shape index (κ3) is 3.67. The molecular formula is C8H14F2N2O. The first-order chi connectivity index (χ1) is 6.20. The number of alkyl halides is 2. The maximum Gasteiger partial charge on any atom is 0.265 e. The van der Waals surface area contributed by atoms with Gasteiger partial charge in [-0.25, -0.2) is 8.78 Å². The Morgan fingerprint density at radius 2 is 2.23 bits per heavy atom. The normalized spacial score (nSPS) is 19.8. The highest BCUT2D eigenvalue weighted by Crippen LogP contribution is 2.04. The molecule has 0 aromatic rings. The van der Waals surface area contributed by atoms with Gasteiger partial charge in [0.15, 0.2) is 0 Å². The standard InChI is InChI=1S/C8H14F2N2O/c9-8(10)6(13)5-12-7-3-1-2-4-11-7/h6,8,13H,1-5H2,(H,11,12). The second-order valence-electron chi connectivity index (χ2n) is 3.07. The van der Waals surface area contributed by atoms with E-state index in [9.17, 15) is 8.78 Å². The van der Waals surface area contributed by atoms with Gasteiger partial charge in [-0.2, -0.15) is 0 Å². The third-order valence-corrected chi connectivity index (χ3v) is 1.93. The van der Waals surface area contributed by atoms with Crippen molar-refractivity contribution in [1.82, 2.24) is 5.32 Å². The molecule has 0 saturated heterocycles. The van der Waals surface area contributed by atoms with Crippen LogP contribution in [-0.4, -0.2) is 36.6 Å². The lowest BCUT2D eigenvalue weighted by molar-refractivity contribution is -0.000983. The van der Waals surface area contributed by atoms with E-state index in [1.807, 2.05) is 0 Å². The van der Waals surface area contributed by atoms with Crippen LogP contribution < -0.4 is 5.32 Å². The van der Waals surface area contributed by atoms with E-state index in [4.69, 9.17) is 5.11 Å². The Labute approximate surface area is 75.9 Å². The molecule has 1 heterocycles. The number of aliphatic imine (C=N–C) groups is 1. The number of amidine groups is 1. The van der Waals surface area contributed by atoms with Crippen LogP contribution in [0.15, 0.2) is 4.99 Å². The van der Waals surface area contributed by atoms with Crippen LogP contribution in [0.1, 0.15) is 19.3 Å². The predicted molar refractivity (Wildman–Crippen MR) is 46.2 cm³/mol. The molecule has 0 aromatic heterocycles. The number of nitrogens with zero attached hydrogens (tertiary/aromatic N) is 1. The first kappa shape index (κ1) is 10.4. The average Bonchev–Trinajstić information content (AvgIpc) is 2.15. The van der Waals surface area contributed by atoms with E-state index in [2.05, 4.69) is 10.3 Å². The number of rotatable bonds is 3. The predicted octanol–water partition coefficient (Wildman–Crippen LogP) is 0.784. The molecule has 0 amide bonds. The second kappa shape index (κ2) is 5.11. The van der Waals surface area contributed by atoms with Crippen LogP contribution in [0.25, 0.3) is 0 Å². The van der Waals surface area contributed by atoms with Gasteiger partial charge in [-0.1, -0.05) is 0 Å². The van der Waals surface area contributed by atoms with Crippen molar-refractivity contribution in [1.29, 1.82) is 0 Å². The summed E-state index contributed by atoms with van der Waals surface area (Å²) in [5.74, 6) is 0.742. The van der Waals surface area contributed by atoms with E-state index in [1.165, 1.54) is 0 Å². The number of hydrogen-bond donors (Lipinski definition) is 2. The first-order valence-electron chi connectivity index (χ1n) is 4.43. The fourth-order valence-corrected chi connectivity index (χ4v) is 1.15. The van der Waals surface area contributed by atoms with Crippen molar-refractivity contribution in [2.24, 2.45) is 4.99 Å². The molecule has 3 nitrogen and oxygen atoms in total. The highest BCUT2D eigenvalue weighted by Gasteiger charge is 2.17. The maximum absolute atomic E-state index is 11.9. The fourth-order valence-electron chi connectivity index (χ4n) is 1.15. The Morgan fingerprint density at radius 1 is 1.46 bits per heavy atom. The summed E-state index contributed by atoms with van der Waals surface area (Å²) in [6.07, 6.45) is -1.38. The summed E-state index contributed by atoms with van der Waals surface area (Å²) in [4.78, 5) is 4.11. The minimum absolute atomic E-state index is 0.115. The van der Waals surface area contributed by atoms with Gasteiger partial charge in [0.05, 0.1) is 5.84 Å². The minimum Gasteiger partial charge on any atom is -0.385 e. The smallest absolute Gasteiger partial charge is 0.265 e. The van der Waals surface area contributed by atoms with Crippen molar-refractivity contribution in [3.05, 3.63) is 0 Å². The maximum atomic E-state index is 11.9. The van der Waals surface area contributed by atoms with Crippen LogP contribution in [0.5, 0.6) is 0 Å². The van der Waals surface area contributed by atoms with Crippen molar-refractivity contribution < 1.29 is 13.9 Å². The average molecular weight is 192 g/mol. The van der Waals surface area contributed by atoms with Gasteiger partial charge < -0.3 is 10.4 Å². The molecule has 0 spiro atoms. The summed E-state index contributed by atoms with van der Waals surface area (Å²) in [6, 6.07) is 0. The molecule has 1 aliphatic heterocycles. The van der Waals surface area contributed by atoms with Gasteiger partial charge in [-0.3, -0.25) is 4.99 Å². The van der Waals surface area contributed by atoms with Gasteiger partial charge in [0.25, 0.3) is 6.43 Å². The number of nitrogens with one attached hydrogen (secondary N) is 1. The number of halogens is 2. The quantitative estimate of drug-likeness (QED) is 0.694. The highest BCUT2D eigenvalue weighted by molar-refractivity contribution is 5.82. The fraction of sp³-hybridized carbons (Fsp3) is 0.875. The lowest BCUT2D eigenvalue weighted by Crippen LogP contribution is -2.36. The molecule has 0 aliphatic carbocycles. The Bertz CT molecular complexity index is 185. The van der Waals surface area contributed by atoms with Gasteiger partial charge in [0.2, 0.25) is 0 Å². The van der Waals surface area contributed by atoms with Crippen molar-refractivity contribution >= 4 is 5.84 Å². The Kier molecular flexibility index (Phi) is 4.08. The van der Waals surface area contributed by atoms with Crippen LogP contribution in [0.2, 0.25) is 0 Å². The topological polar surface area (TPSA) is 44.6 Å². The van der Waals surface area contributed by atoms with Crippen LogP contribution in [0, 0.1) is 0 Å². The van der Waals surface area contributed by atoms with Gasteiger partial charge in [-0.05, 0) is 12.8 Å². The molecule has 0 bridgehead atoms. The van der Waals surface area contributed by atoms with E-state index in [-0.39, 0.29) is 6.54 Å². The van der Waals surface area contributed by atoms with E-state index >= 15 is 0 Å². The lowest BCUT2D eigenvalue weighted by Gasteiger charge is -2.16. The largest absolute Gasteiger partial charge is 0.385 e. The summed E-state index contributed by atoms with van der Waals surface area (Å²) in [7, 11) is 0. The van der Waals surface area contributed by atoms with Gasteiger partial charge in [0.1, 0.15) is 6.10 Å². The van der Waals surface area contributed by atoms with E-state index in [1.54, 1.807) is 0 Å². The Hall–Kier alpha value is -0.710. The SMILES string of the molecule is OC(CNC1=NCCCC1)C(F)F. The molecule has 1 unspecified atom stereocenters. The van der Waals surface area contributed by atoms with E-state index < -0.39 is 12.5 Å². The van der Waals surface area contributed by atoms with Crippen LogP contribution in [0.3, 0.4) is 0 Å². The van der Waals surface area contributed by atoms with E-state index in [0.29, 0.717) is 0 Å². The van der Waals surface area contributed by atoms with Crippen molar-refractivity contribution in [2.75, 3.05) is 13.1 Å². The van der Waals surface area contributed by atoms with Crippen molar-refractivity contribution in [2.45, 2.75) is 31.8 Å². The Morgan fingerprint density at radius 3 is 2.77 bits per heavy atom. The summed E-state index contributed by atoms with van der Waals surface area (Å²) >= 11 is 0. The summed E-state index contributed by atoms with van der Waals surface area (Å²) < 4.78 is 23.7. The highest BCUT2D eigenvalue weighted by atomic mass is 19.3. The van der Waals surface area contributed by atoms with E-state index in [0.717, 1.165) is 31.6 Å². The summed E-state index contributed by atoms with van der Waals surface area (Å²) in [6.45, 7) is 0.642. The molecular weight excluding hydrogens is 178 g/mol. The summed E-state index contributed by atoms with van der Waals surface area (Å²) in [5.41, 5.74) is 0. The molecule has 1 rings (SSSR count). The molecule has 13 heavy (non-hydrogen) atoms. The molecule has 0 aromatic carbocycles. The van der Waals surface area contributed by atoms with Crippen molar-refractivity contribution in [3.63, 3.8) is 0 Å². The second-order valence-corrected chi connectivity index (χ2v) is 3.07. The number of hydrogen-bond acceptors (Lipinski definition) is 3. The van der Waals surface area contributed by atoms with Crippen LogP contribution in [-0.2, 0) is 0 Å². The minimum atomic E-state index is -2.68. The van der Waals surface area contributed by atoms with Gasteiger partial charge in [0, 0.05) is 19.5 Å². The van der Waals surface area contributed by atoms with Gasteiger partial charge >= 0.3 is 0 Å². The molecule has 1 aliphatic rings. The molecule has 0 radical (unpaired) electrons. The number of aliphatic hydroxyl groups excluding tert-OH is 1. The van der Waals surface area contributed by atoms with Crippen LogP contribution in [0.4, 0.5) is 8.78 Å². The zero-order valence-corrected chi connectivity index (χ0v) is 7.34. The number of aliphatic hydroxyl groups is 1. The van der Waals surface area contributed by atoms with Crippen molar-refractivity contribution in [3.8, 4) is 0 Å². The Balaban J connectivity index is 2.21. The molecule has 0 fully saturated rings.